The van der Waals surface area contributed by atoms with Crippen LogP contribution < -0.4 is 26.8 Å². The lowest BCUT2D eigenvalue weighted by Crippen LogP contribution is -2.48. The van der Waals surface area contributed by atoms with Crippen LogP contribution in [0, 0.1) is 16.7 Å². The molecule has 2 aliphatic rings. The number of anilines is 1. The summed E-state index contributed by atoms with van der Waals surface area (Å²) in [5.41, 5.74) is -0.410. The Morgan fingerprint density at radius 3 is 2.48 bits per heavy atom. The third kappa shape index (κ3) is 5.86. The van der Waals surface area contributed by atoms with Gasteiger partial charge in [-0.25, -0.2) is 0 Å². The van der Waals surface area contributed by atoms with E-state index in [1.807, 2.05) is 0 Å². The van der Waals surface area contributed by atoms with Gasteiger partial charge in [-0.2, -0.15) is 5.10 Å². The second-order valence-corrected chi connectivity index (χ2v) is 12.0. The van der Waals surface area contributed by atoms with Gasteiger partial charge in [0.15, 0.2) is 0 Å². The van der Waals surface area contributed by atoms with Crippen molar-refractivity contribution < 1.29 is 24.0 Å². The Hall–Kier alpha value is -4.29. The minimum absolute atomic E-state index is 0.0117. The van der Waals surface area contributed by atoms with Crippen molar-refractivity contribution in [3.63, 3.8) is 0 Å². The monoisotopic (exact) mass is 581 g/mol. The van der Waals surface area contributed by atoms with Gasteiger partial charge in [0.2, 0.25) is 17.6 Å². The highest BCUT2D eigenvalue weighted by Gasteiger charge is 2.61. The number of carbonyl (C=O) groups excluding carboxylic acids is 5. The molecule has 0 spiro atoms. The molecule has 2 aromatic rings. The van der Waals surface area contributed by atoms with Crippen molar-refractivity contribution in [3.05, 3.63) is 46.6 Å². The molecule has 0 saturated heterocycles. The van der Waals surface area contributed by atoms with Crippen LogP contribution in [0.3, 0.4) is 0 Å². The molecule has 2 aliphatic carbocycles. The van der Waals surface area contributed by atoms with Crippen LogP contribution in [0.15, 0.2) is 35.4 Å². The molecule has 4 amide bonds. The zero-order valence-corrected chi connectivity index (χ0v) is 24.7. The third-order valence-electron chi connectivity index (χ3n) is 9.54. The van der Waals surface area contributed by atoms with Crippen LogP contribution in [0.2, 0.25) is 0 Å². The minimum atomic E-state index is -1.25. The van der Waals surface area contributed by atoms with E-state index in [9.17, 15) is 28.8 Å². The van der Waals surface area contributed by atoms with Crippen LogP contribution in [0.1, 0.15) is 63.4 Å². The molecule has 0 radical (unpaired) electrons. The van der Waals surface area contributed by atoms with Gasteiger partial charge in [-0.15, -0.1) is 0 Å². The van der Waals surface area contributed by atoms with E-state index in [2.05, 4.69) is 47.1 Å². The zero-order chi connectivity index (χ0) is 30.8. The van der Waals surface area contributed by atoms with Gasteiger partial charge in [0.25, 0.3) is 17.4 Å². The smallest absolute Gasteiger partial charge is 0.287 e. The van der Waals surface area contributed by atoms with Crippen LogP contribution in [-0.4, -0.2) is 62.9 Å². The van der Waals surface area contributed by atoms with E-state index in [-0.39, 0.29) is 53.5 Å². The number of carbonyl (C=O) groups is 5. The Kier molecular flexibility index (Phi) is 8.69. The molecule has 4 rings (SSSR count). The first kappa shape index (κ1) is 30.7. The molecule has 226 valence electrons. The van der Waals surface area contributed by atoms with Crippen molar-refractivity contribution in [2.75, 3.05) is 12.4 Å². The molecule has 2 saturated carbocycles. The normalized spacial score (nSPS) is 22.7. The van der Waals surface area contributed by atoms with E-state index in [0.717, 1.165) is 19.3 Å². The van der Waals surface area contributed by atoms with Gasteiger partial charge in [0.05, 0.1) is 0 Å². The third-order valence-corrected chi connectivity index (χ3v) is 9.54. The van der Waals surface area contributed by atoms with Gasteiger partial charge >= 0.3 is 0 Å². The molecular formula is C29H39N7O6. The minimum Gasteiger partial charge on any atom is -0.353 e. The molecule has 13 nitrogen and oxygen atoms in total. The van der Waals surface area contributed by atoms with Gasteiger partial charge in [0, 0.05) is 39.0 Å². The number of nitrogens with one attached hydrogen (secondary N) is 4. The Morgan fingerprint density at radius 1 is 1.14 bits per heavy atom. The quantitative estimate of drug-likeness (QED) is 0.283. The lowest BCUT2D eigenvalue weighted by atomic mass is 9.69. The van der Waals surface area contributed by atoms with E-state index in [0.29, 0.717) is 5.92 Å². The number of nitrogens with zero attached hydrogens (tertiary/aromatic N) is 3. The summed E-state index contributed by atoms with van der Waals surface area (Å²) < 4.78 is 2.53. The molecule has 2 aromatic heterocycles. The SMILES string of the molecule is CNC(=O)C(=O)CC[C@H](NC(=O)c1ccnn1C)C(=O)Nc1cccn(CC(=O)N[C@H]2C[C@H]3CC[C@]2(C)C3(C)C)c1=O. The van der Waals surface area contributed by atoms with Gasteiger partial charge in [-0.05, 0) is 60.6 Å². The highest BCUT2D eigenvalue weighted by atomic mass is 16.2. The first-order valence-corrected chi connectivity index (χ1v) is 14.1. The average Bonchev–Trinajstić information content (AvgIpc) is 3.53. The lowest BCUT2D eigenvalue weighted by molar-refractivity contribution is -0.137. The first-order chi connectivity index (χ1) is 19.8. The molecule has 4 atom stereocenters. The summed E-state index contributed by atoms with van der Waals surface area (Å²) in [7, 11) is 2.87. The summed E-state index contributed by atoms with van der Waals surface area (Å²) in [4.78, 5) is 76.0. The molecule has 0 unspecified atom stereocenters. The van der Waals surface area contributed by atoms with Crippen molar-refractivity contribution in [2.45, 2.75) is 71.5 Å². The van der Waals surface area contributed by atoms with Crippen molar-refractivity contribution >= 4 is 35.1 Å². The number of Topliss-reactive ketones (excluding diaryl/α,β-unsaturated/α-hetero) is 1. The number of rotatable bonds is 11. The predicted octanol–water partition coefficient (Wildman–Crippen LogP) is 0.745. The summed E-state index contributed by atoms with van der Waals surface area (Å²) in [6.07, 6.45) is 5.48. The van der Waals surface area contributed by atoms with Gasteiger partial charge in [-0.1, -0.05) is 20.8 Å². The van der Waals surface area contributed by atoms with Gasteiger partial charge < -0.3 is 25.8 Å². The molecule has 0 aliphatic heterocycles. The maximum atomic E-state index is 13.3. The molecule has 4 N–H and O–H groups in total. The number of aromatic nitrogens is 3. The van der Waals surface area contributed by atoms with Crippen LogP contribution >= 0.6 is 0 Å². The van der Waals surface area contributed by atoms with Crippen LogP contribution in [0.25, 0.3) is 0 Å². The predicted molar refractivity (Wildman–Crippen MR) is 153 cm³/mol. The second-order valence-electron chi connectivity index (χ2n) is 12.0. The Morgan fingerprint density at radius 2 is 1.88 bits per heavy atom. The summed E-state index contributed by atoms with van der Waals surface area (Å²) >= 11 is 0. The summed E-state index contributed by atoms with van der Waals surface area (Å²) in [5.74, 6) is -2.70. The molecule has 2 fully saturated rings. The molecule has 13 heteroatoms. The van der Waals surface area contributed by atoms with Crippen molar-refractivity contribution in [1.29, 1.82) is 0 Å². The maximum Gasteiger partial charge on any atom is 0.287 e. The number of pyridine rings is 1. The Bertz CT molecular complexity index is 1460. The van der Waals surface area contributed by atoms with E-state index in [4.69, 9.17) is 0 Å². The average molecular weight is 582 g/mol. The van der Waals surface area contributed by atoms with Crippen molar-refractivity contribution in [1.82, 2.24) is 30.3 Å². The summed E-state index contributed by atoms with van der Waals surface area (Å²) in [6, 6.07) is 3.16. The van der Waals surface area contributed by atoms with Gasteiger partial charge in [-0.3, -0.25) is 33.4 Å². The van der Waals surface area contributed by atoms with E-state index in [1.54, 1.807) is 7.05 Å². The maximum absolute atomic E-state index is 13.3. The van der Waals surface area contributed by atoms with Crippen LogP contribution in [0.5, 0.6) is 0 Å². The number of ketones is 1. The molecule has 2 bridgehead atoms. The number of hydrogen-bond acceptors (Lipinski definition) is 7. The number of fused-ring (bicyclic) bond motifs is 2. The number of hydrogen-bond donors (Lipinski definition) is 4. The summed E-state index contributed by atoms with van der Waals surface area (Å²) in [6.45, 7) is 6.52. The number of amides is 4. The van der Waals surface area contributed by atoms with E-state index < -0.39 is 35.1 Å². The fraction of sp³-hybridized carbons (Fsp3) is 0.552. The van der Waals surface area contributed by atoms with Crippen molar-refractivity contribution in [2.24, 2.45) is 23.8 Å². The fourth-order valence-electron chi connectivity index (χ4n) is 6.42. The standard InChI is InChI=1S/C29H39N7O6/c1-28(2)17-10-12-29(28,3)22(15-17)34-23(38)16-36-14-6-7-19(27(36)42)33-24(39)18(8-9-21(37)26(41)30-4)32-25(40)20-11-13-31-35(20)5/h6-7,11,13-14,17-18,22H,8-10,12,15-16H2,1-5H3,(H,30,41)(H,32,40)(H,33,39)(H,34,38)/t17-,18+,22+,29+/m1/s1. The zero-order valence-electron chi connectivity index (χ0n) is 24.7. The largest absolute Gasteiger partial charge is 0.353 e. The van der Waals surface area contributed by atoms with E-state index in [1.165, 1.54) is 46.9 Å². The van der Waals surface area contributed by atoms with Crippen molar-refractivity contribution in [3.8, 4) is 0 Å². The lowest BCUT2D eigenvalue weighted by Gasteiger charge is -2.39. The second kappa shape index (κ2) is 11.9. The molecule has 2 heterocycles. The first-order valence-electron chi connectivity index (χ1n) is 14.1. The molecular weight excluding hydrogens is 542 g/mol. The fourth-order valence-corrected chi connectivity index (χ4v) is 6.42. The van der Waals surface area contributed by atoms with Crippen LogP contribution in [-0.2, 0) is 32.8 Å². The summed E-state index contributed by atoms with van der Waals surface area (Å²) in [5, 5.41) is 14.4. The Labute approximate surface area is 243 Å². The molecule has 0 aromatic carbocycles. The number of likely N-dealkylation sites (N-methyl/N-ethyl adjacent to an activating group) is 1. The number of aryl methyl sites for hydroxylation is 1. The molecule has 42 heavy (non-hydrogen) atoms. The van der Waals surface area contributed by atoms with E-state index >= 15 is 0 Å². The highest BCUT2D eigenvalue weighted by Crippen LogP contribution is 2.65. The van der Waals surface area contributed by atoms with Crippen LogP contribution in [0.4, 0.5) is 5.69 Å². The highest BCUT2D eigenvalue weighted by molar-refractivity contribution is 6.36. The topological polar surface area (TPSA) is 173 Å². The Balaban J connectivity index is 1.45. The van der Waals surface area contributed by atoms with Gasteiger partial charge in [0.1, 0.15) is 24.0 Å².